The summed E-state index contributed by atoms with van der Waals surface area (Å²) in [6, 6.07) is -0.187. The Morgan fingerprint density at radius 2 is 1.85 bits per heavy atom. The summed E-state index contributed by atoms with van der Waals surface area (Å²) in [6.45, 7) is 5.77. The van der Waals surface area contributed by atoms with Crippen LogP contribution in [0.15, 0.2) is 12.7 Å². The number of H-pyrrole nitrogens is 1. The van der Waals surface area contributed by atoms with Gasteiger partial charge in [0, 0.05) is 29.2 Å². The van der Waals surface area contributed by atoms with Crippen LogP contribution in [0.3, 0.4) is 0 Å². The molecule has 34 heavy (non-hydrogen) atoms. The number of hydrogen-bond acceptors (Lipinski definition) is 8. The molecule has 1 amide bonds. The fourth-order valence-corrected chi connectivity index (χ4v) is 7.06. The third-order valence-electron chi connectivity index (χ3n) is 6.79. The van der Waals surface area contributed by atoms with Crippen molar-refractivity contribution in [2.45, 2.75) is 45.6 Å². The highest BCUT2D eigenvalue weighted by atomic mass is 32.2. The van der Waals surface area contributed by atoms with Gasteiger partial charge in [0.1, 0.15) is 17.7 Å². The monoisotopic (exact) mass is 481 g/mol. The molecule has 6 heterocycles. The number of carbonyl (C=O) groups is 1. The van der Waals surface area contributed by atoms with E-state index in [0.29, 0.717) is 29.2 Å². The Balaban J connectivity index is 1.50. The first-order chi connectivity index (χ1) is 16.2. The minimum Gasteiger partial charge on any atom is -0.340 e. The highest BCUT2D eigenvalue weighted by Crippen LogP contribution is 2.43. The highest BCUT2D eigenvalue weighted by molar-refractivity contribution is 7.91. The number of nitrogens with one attached hydrogen (secondary N) is 2. The van der Waals surface area contributed by atoms with Gasteiger partial charge in [0.25, 0.3) is 0 Å². The minimum atomic E-state index is -3.05. The molecule has 13 heteroatoms. The van der Waals surface area contributed by atoms with E-state index < -0.39 is 9.84 Å². The van der Waals surface area contributed by atoms with Gasteiger partial charge in [-0.05, 0) is 27.2 Å². The third-order valence-corrected chi connectivity index (χ3v) is 8.54. The Hall–Kier alpha value is -3.61. The van der Waals surface area contributed by atoms with Crippen molar-refractivity contribution in [2.75, 3.05) is 16.8 Å². The number of aromatic amines is 1. The summed E-state index contributed by atoms with van der Waals surface area (Å²) in [5.74, 6) is 0.924. The smallest absolute Gasteiger partial charge is 0.226 e. The number of amides is 1. The van der Waals surface area contributed by atoms with Crippen molar-refractivity contribution in [1.29, 1.82) is 0 Å². The Kier molecular flexibility index (Phi) is 4.43. The third kappa shape index (κ3) is 3.06. The molecule has 0 aromatic carbocycles. The van der Waals surface area contributed by atoms with Gasteiger partial charge in [0.2, 0.25) is 5.91 Å². The lowest BCUT2D eigenvalue weighted by Crippen LogP contribution is -2.25. The molecule has 2 atom stereocenters. The number of rotatable bonds is 3. The van der Waals surface area contributed by atoms with Gasteiger partial charge in [0.15, 0.2) is 21.3 Å². The number of nitrogens with zero attached hydrogens (tertiary/aromatic N) is 7. The lowest BCUT2D eigenvalue weighted by atomic mass is 9.84. The van der Waals surface area contributed by atoms with E-state index in [1.54, 1.807) is 4.68 Å². The molecular weight excluding hydrogens is 458 g/mol. The van der Waals surface area contributed by atoms with Gasteiger partial charge in [0.05, 0.1) is 35.3 Å². The van der Waals surface area contributed by atoms with Gasteiger partial charge >= 0.3 is 0 Å². The molecule has 176 valence electrons. The molecule has 2 unspecified atom stereocenters. The summed E-state index contributed by atoms with van der Waals surface area (Å²) in [5.41, 5.74) is 5.40. The highest BCUT2D eigenvalue weighted by Gasteiger charge is 2.38. The van der Waals surface area contributed by atoms with Gasteiger partial charge in [-0.2, -0.15) is 14.9 Å². The summed E-state index contributed by atoms with van der Waals surface area (Å²) >= 11 is 0. The second-order valence-corrected chi connectivity index (χ2v) is 11.2. The molecule has 0 aliphatic carbocycles. The first-order valence-electron chi connectivity index (χ1n) is 11.0. The van der Waals surface area contributed by atoms with Crippen molar-refractivity contribution in [3.05, 3.63) is 40.9 Å². The summed E-state index contributed by atoms with van der Waals surface area (Å²) in [4.78, 5) is 28.7. The number of aryl methyl sites for hydroxylation is 2. The van der Waals surface area contributed by atoms with E-state index >= 15 is 0 Å². The predicted octanol–water partition coefficient (Wildman–Crippen LogP) is 1.49. The summed E-state index contributed by atoms with van der Waals surface area (Å²) in [6.07, 6.45) is 3.75. The van der Waals surface area contributed by atoms with Gasteiger partial charge < -0.3 is 10.3 Å². The average molecular weight is 482 g/mol. The zero-order valence-electron chi connectivity index (χ0n) is 18.9. The normalized spacial score (nSPS) is 21.7. The zero-order valence-corrected chi connectivity index (χ0v) is 19.7. The van der Waals surface area contributed by atoms with Crippen LogP contribution in [0.2, 0.25) is 0 Å². The fraction of sp³-hybridized carbons (Fsp3) is 0.429. The largest absolute Gasteiger partial charge is 0.340 e. The molecule has 2 N–H and O–H groups in total. The summed E-state index contributed by atoms with van der Waals surface area (Å²) in [7, 11) is -3.05. The molecule has 1 saturated heterocycles. The molecule has 2 aliphatic heterocycles. The average Bonchev–Trinajstić information content (AvgIpc) is 3.53. The van der Waals surface area contributed by atoms with E-state index in [1.165, 1.54) is 12.7 Å². The Bertz CT molecular complexity index is 1580. The van der Waals surface area contributed by atoms with Crippen molar-refractivity contribution in [3.8, 4) is 5.82 Å². The standard InChI is InChI=1S/C21H23N9O3S/c1-10-16(12(3)29(27-10)13-4-5-34(32,33)7-13)14-6-15(31)26-20-17(14)11(2)28-30(20)21-18-19(23-8-22-18)24-9-25-21/h8-9,13-14H,4-7H2,1-3H3,(H,26,31)(H,22,23,24,25). The van der Waals surface area contributed by atoms with Crippen LogP contribution in [-0.4, -0.2) is 65.3 Å². The predicted molar refractivity (Wildman–Crippen MR) is 123 cm³/mol. The van der Waals surface area contributed by atoms with E-state index in [4.69, 9.17) is 10.2 Å². The van der Waals surface area contributed by atoms with E-state index in [0.717, 1.165) is 28.2 Å². The lowest BCUT2D eigenvalue weighted by Gasteiger charge is -2.25. The molecule has 2 aliphatic rings. The maximum absolute atomic E-state index is 12.9. The Labute approximate surface area is 194 Å². The number of carbonyl (C=O) groups excluding carboxylic acids is 1. The molecule has 4 aromatic rings. The quantitative estimate of drug-likeness (QED) is 0.446. The lowest BCUT2D eigenvalue weighted by molar-refractivity contribution is -0.116. The van der Waals surface area contributed by atoms with Crippen LogP contribution >= 0.6 is 0 Å². The van der Waals surface area contributed by atoms with Crippen LogP contribution in [0.1, 0.15) is 53.0 Å². The van der Waals surface area contributed by atoms with Crippen molar-refractivity contribution in [3.63, 3.8) is 0 Å². The molecule has 12 nitrogen and oxygen atoms in total. The summed E-state index contributed by atoms with van der Waals surface area (Å²) in [5, 5.41) is 12.4. The summed E-state index contributed by atoms with van der Waals surface area (Å²) < 4.78 is 27.6. The van der Waals surface area contributed by atoms with Gasteiger partial charge in [-0.15, -0.1) is 0 Å². The van der Waals surface area contributed by atoms with Crippen molar-refractivity contribution in [1.82, 2.24) is 39.5 Å². The molecule has 1 fully saturated rings. The first-order valence-corrected chi connectivity index (χ1v) is 12.9. The van der Waals surface area contributed by atoms with Crippen molar-refractivity contribution in [2.24, 2.45) is 0 Å². The number of aromatic nitrogens is 8. The molecule has 4 aromatic heterocycles. The molecule has 0 radical (unpaired) electrons. The molecule has 6 rings (SSSR count). The van der Waals surface area contributed by atoms with Gasteiger partial charge in [-0.1, -0.05) is 0 Å². The number of sulfone groups is 1. The second kappa shape index (κ2) is 7.19. The molecule has 0 saturated carbocycles. The van der Waals surface area contributed by atoms with Crippen molar-refractivity contribution < 1.29 is 13.2 Å². The van der Waals surface area contributed by atoms with E-state index in [-0.39, 0.29) is 35.8 Å². The number of hydrogen-bond donors (Lipinski definition) is 2. The van der Waals surface area contributed by atoms with Gasteiger partial charge in [-0.25, -0.2) is 23.4 Å². The number of imidazole rings is 1. The molecule has 0 spiro atoms. The van der Waals surface area contributed by atoms with Crippen LogP contribution in [0.5, 0.6) is 0 Å². The maximum atomic E-state index is 12.9. The van der Waals surface area contributed by atoms with Crippen LogP contribution < -0.4 is 5.32 Å². The van der Waals surface area contributed by atoms with Crippen LogP contribution in [0, 0.1) is 20.8 Å². The van der Waals surface area contributed by atoms with Crippen molar-refractivity contribution >= 4 is 32.7 Å². The number of anilines is 1. The van der Waals surface area contributed by atoms with E-state index in [9.17, 15) is 13.2 Å². The van der Waals surface area contributed by atoms with E-state index in [2.05, 4.69) is 25.3 Å². The number of fused-ring (bicyclic) bond motifs is 2. The van der Waals surface area contributed by atoms with Crippen LogP contribution in [0.25, 0.3) is 17.0 Å². The Morgan fingerprint density at radius 1 is 1.06 bits per heavy atom. The van der Waals surface area contributed by atoms with E-state index in [1.807, 2.05) is 25.5 Å². The SMILES string of the molecule is Cc1nn(-c2ncnc3nc[nH]c23)c2c1C(c1c(C)nn(C3CCS(=O)(=O)C3)c1C)CC(=O)N2. The maximum Gasteiger partial charge on any atom is 0.226 e. The second-order valence-electron chi connectivity index (χ2n) is 8.95. The topological polar surface area (TPSA) is 153 Å². The fourth-order valence-electron chi connectivity index (χ4n) is 5.36. The van der Waals surface area contributed by atoms with Crippen LogP contribution in [-0.2, 0) is 14.6 Å². The molecular formula is C21H23N9O3S. The Morgan fingerprint density at radius 3 is 2.62 bits per heavy atom. The first kappa shape index (κ1) is 21.0. The van der Waals surface area contributed by atoms with Crippen LogP contribution in [0.4, 0.5) is 5.82 Å². The molecule has 0 bridgehead atoms. The minimum absolute atomic E-state index is 0.0929. The van der Waals surface area contributed by atoms with Gasteiger partial charge in [-0.3, -0.25) is 9.48 Å². The zero-order chi connectivity index (χ0) is 23.8.